The SMILES string of the molecule is Cc1cc(F)ccc1CNC(C)CN1CCOCC1. The van der Waals surface area contributed by atoms with Crippen molar-refractivity contribution in [2.24, 2.45) is 0 Å². The maximum atomic E-state index is 13.0. The Morgan fingerprint density at radius 3 is 2.79 bits per heavy atom. The lowest BCUT2D eigenvalue weighted by molar-refractivity contribution is 0.0343. The van der Waals surface area contributed by atoms with Gasteiger partial charge in [0.15, 0.2) is 0 Å². The molecule has 19 heavy (non-hydrogen) atoms. The number of nitrogens with one attached hydrogen (secondary N) is 1. The van der Waals surface area contributed by atoms with Gasteiger partial charge in [-0.1, -0.05) is 6.07 Å². The molecule has 0 aromatic heterocycles. The van der Waals surface area contributed by atoms with Gasteiger partial charge in [0.2, 0.25) is 0 Å². The third-order valence-electron chi connectivity index (χ3n) is 3.58. The van der Waals surface area contributed by atoms with Gasteiger partial charge < -0.3 is 10.1 Å². The van der Waals surface area contributed by atoms with Gasteiger partial charge >= 0.3 is 0 Å². The lowest BCUT2D eigenvalue weighted by Crippen LogP contribution is -2.44. The summed E-state index contributed by atoms with van der Waals surface area (Å²) < 4.78 is 18.4. The third kappa shape index (κ3) is 4.56. The van der Waals surface area contributed by atoms with Crippen molar-refractivity contribution >= 4 is 0 Å². The van der Waals surface area contributed by atoms with Crippen molar-refractivity contribution in [1.82, 2.24) is 10.2 Å². The maximum absolute atomic E-state index is 13.0. The monoisotopic (exact) mass is 266 g/mol. The molecule has 1 heterocycles. The molecule has 1 fully saturated rings. The summed E-state index contributed by atoms with van der Waals surface area (Å²) in [6.45, 7) is 9.67. The van der Waals surface area contributed by atoms with E-state index in [1.807, 2.05) is 13.0 Å². The Kier molecular flexibility index (Phi) is 5.31. The number of ether oxygens (including phenoxy) is 1. The Labute approximate surface area is 114 Å². The number of aryl methyl sites for hydroxylation is 1. The van der Waals surface area contributed by atoms with Crippen molar-refractivity contribution in [3.05, 3.63) is 35.1 Å². The summed E-state index contributed by atoms with van der Waals surface area (Å²) in [5.74, 6) is -0.164. The van der Waals surface area contributed by atoms with Crippen LogP contribution in [0.3, 0.4) is 0 Å². The Morgan fingerprint density at radius 2 is 2.11 bits per heavy atom. The van der Waals surface area contributed by atoms with Gasteiger partial charge in [-0.2, -0.15) is 0 Å². The molecule has 0 amide bonds. The van der Waals surface area contributed by atoms with Gasteiger partial charge in [0.1, 0.15) is 5.82 Å². The van der Waals surface area contributed by atoms with Crippen LogP contribution >= 0.6 is 0 Å². The van der Waals surface area contributed by atoms with Crippen molar-refractivity contribution in [2.75, 3.05) is 32.8 Å². The van der Waals surface area contributed by atoms with Crippen LogP contribution in [0.25, 0.3) is 0 Å². The summed E-state index contributed by atoms with van der Waals surface area (Å²) in [7, 11) is 0. The van der Waals surface area contributed by atoms with Crippen molar-refractivity contribution in [2.45, 2.75) is 26.4 Å². The van der Waals surface area contributed by atoms with Gasteiger partial charge in [-0.3, -0.25) is 4.90 Å². The number of nitrogens with zero attached hydrogens (tertiary/aromatic N) is 1. The summed E-state index contributed by atoms with van der Waals surface area (Å²) in [4.78, 5) is 2.42. The molecule has 0 aliphatic carbocycles. The zero-order valence-electron chi connectivity index (χ0n) is 11.8. The summed E-state index contributed by atoms with van der Waals surface area (Å²) in [6, 6.07) is 5.39. The lowest BCUT2D eigenvalue weighted by atomic mass is 10.1. The van der Waals surface area contributed by atoms with Gasteiger partial charge in [-0.25, -0.2) is 4.39 Å². The molecule has 1 aliphatic heterocycles. The zero-order chi connectivity index (χ0) is 13.7. The molecule has 1 N–H and O–H groups in total. The highest BCUT2D eigenvalue weighted by atomic mass is 19.1. The first kappa shape index (κ1) is 14.4. The minimum absolute atomic E-state index is 0.164. The Hall–Kier alpha value is -0.970. The lowest BCUT2D eigenvalue weighted by Gasteiger charge is -2.29. The highest BCUT2D eigenvalue weighted by Gasteiger charge is 2.13. The molecule has 1 saturated heterocycles. The molecule has 4 heteroatoms. The van der Waals surface area contributed by atoms with Crippen LogP contribution in [0, 0.1) is 12.7 Å². The quantitative estimate of drug-likeness (QED) is 0.881. The molecule has 106 valence electrons. The van der Waals surface area contributed by atoms with Crippen molar-refractivity contribution in [3.63, 3.8) is 0 Å². The van der Waals surface area contributed by atoms with E-state index in [0.29, 0.717) is 6.04 Å². The summed E-state index contributed by atoms with van der Waals surface area (Å²) in [5.41, 5.74) is 2.17. The second kappa shape index (κ2) is 6.98. The number of halogens is 1. The molecular weight excluding hydrogens is 243 g/mol. The van der Waals surface area contributed by atoms with E-state index < -0.39 is 0 Å². The van der Waals surface area contributed by atoms with Gasteiger partial charge in [-0.05, 0) is 37.1 Å². The Balaban J connectivity index is 1.77. The molecule has 3 nitrogen and oxygen atoms in total. The molecule has 1 aromatic rings. The second-order valence-electron chi connectivity index (χ2n) is 5.27. The van der Waals surface area contributed by atoms with E-state index in [0.717, 1.165) is 50.5 Å². The van der Waals surface area contributed by atoms with Crippen LogP contribution in [-0.2, 0) is 11.3 Å². The van der Waals surface area contributed by atoms with Crippen LogP contribution in [0.2, 0.25) is 0 Å². The Morgan fingerprint density at radius 1 is 1.37 bits per heavy atom. The number of rotatable bonds is 5. The first-order chi connectivity index (χ1) is 9.15. The number of hydrogen-bond donors (Lipinski definition) is 1. The van der Waals surface area contributed by atoms with Crippen molar-refractivity contribution in [1.29, 1.82) is 0 Å². The van der Waals surface area contributed by atoms with Crippen LogP contribution < -0.4 is 5.32 Å². The van der Waals surface area contributed by atoms with Crippen LogP contribution in [0.4, 0.5) is 4.39 Å². The topological polar surface area (TPSA) is 24.5 Å². The third-order valence-corrected chi connectivity index (χ3v) is 3.58. The number of benzene rings is 1. The van der Waals surface area contributed by atoms with E-state index in [9.17, 15) is 4.39 Å². The van der Waals surface area contributed by atoms with Gasteiger partial charge in [0.25, 0.3) is 0 Å². The van der Waals surface area contributed by atoms with Crippen LogP contribution in [0.5, 0.6) is 0 Å². The van der Waals surface area contributed by atoms with E-state index in [-0.39, 0.29) is 5.82 Å². The average molecular weight is 266 g/mol. The molecular formula is C15H23FN2O. The predicted octanol–water partition coefficient (Wildman–Crippen LogP) is 1.94. The molecule has 1 aliphatic rings. The molecule has 1 unspecified atom stereocenters. The fraction of sp³-hybridized carbons (Fsp3) is 0.600. The molecule has 0 spiro atoms. The van der Waals surface area contributed by atoms with Gasteiger partial charge in [-0.15, -0.1) is 0 Å². The predicted molar refractivity (Wildman–Crippen MR) is 74.7 cm³/mol. The zero-order valence-corrected chi connectivity index (χ0v) is 11.8. The normalized spacial score (nSPS) is 18.5. The minimum atomic E-state index is -0.164. The van der Waals surface area contributed by atoms with Crippen LogP contribution in [0.15, 0.2) is 18.2 Å². The van der Waals surface area contributed by atoms with Crippen LogP contribution in [-0.4, -0.2) is 43.8 Å². The molecule has 1 aromatic carbocycles. The van der Waals surface area contributed by atoms with E-state index in [1.165, 1.54) is 6.07 Å². The van der Waals surface area contributed by atoms with Crippen molar-refractivity contribution in [3.8, 4) is 0 Å². The minimum Gasteiger partial charge on any atom is -0.379 e. The van der Waals surface area contributed by atoms with Gasteiger partial charge in [0, 0.05) is 32.2 Å². The molecule has 2 rings (SSSR count). The Bertz CT molecular complexity index is 405. The average Bonchev–Trinajstić information content (AvgIpc) is 2.39. The summed E-state index contributed by atoms with van der Waals surface area (Å²) in [5, 5.41) is 3.50. The van der Waals surface area contributed by atoms with E-state index in [1.54, 1.807) is 6.07 Å². The summed E-state index contributed by atoms with van der Waals surface area (Å²) in [6.07, 6.45) is 0. The number of hydrogen-bond acceptors (Lipinski definition) is 3. The van der Waals surface area contributed by atoms with Crippen LogP contribution in [0.1, 0.15) is 18.1 Å². The molecule has 0 radical (unpaired) electrons. The van der Waals surface area contributed by atoms with Gasteiger partial charge in [0.05, 0.1) is 13.2 Å². The fourth-order valence-electron chi connectivity index (χ4n) is 2.38. The number of morpholine rings is 1. The first-order valence-corrected chi connectivity index (χ1v) is 6.93. The highest BCUT2D eigenvalue weighted by Crippen LogP contribution is 2.10. The molecule has 1 atom stereocenters. The summed E-state index contributed by atoms with van der Waals surface area (Å²) >= 11 is 0. The maximum Gasteiger partial charge on any atom is 0.123 e. The molecule has 0 bridgehead atoms. The second-order valence-corrected chi connectivity index (χ2v) is 5.27. The largest absolute Gasteiger partial charge is 0.379 e. The van der Waals surface area contributed by atoms with Crippen molar-refractivity contribution < 1.29 is 9.13 Å². The fourth-order valence-corrected chi connectivity index (χ4v) is 2.38. The van der Waals surface area contributed by atoms with E-state index >= 15 is 0 Å². The molecule has 0 saturated carbocycles. The first-order valence-electron chi connectivity index (χ1n) is 6.93. The standard InChI is InChI=1S/C15H23FN2O/c1-12-9-15(16)4-3-14(12)10-17-13(2)11-18-5-7-19-8-6-18/h3-4,9,13,17H,5-8,10-11H2,1-2H3. The smallest absolute Gasteiger partial charge is 0.123 e. The highest BCUT2D eigenvalue weighted by molar-refractivity contribution is 5.26. The van der Waals surface area contributed by atoms with E-state index in [2.05, 4.69) is 17.1 Å². The van der Waals surface area contributed by atoms with E-state index in [4.69, 9.17) is 4.74 Å².